The lowest BCUT2D eigenvalue weighted by Gasteiger charge is -2.37. The first-order valence-corrected chi connectivity index (χ1v) is 7.85. The highest BCUT2D eigenvalue weighted by Gasteiger charge is 2.32. The van der Waals surface area contributed by atoms with E-state index in [4.69, 9.17) is 9.47 Å². The highest BCUT2D eigenvalue weighted by atomic mass is 19.1. The van der Waals surface area contributed by atoms with Crippen LogP contribution >= 0.6 is 0 Å². The Hall–Kier alpha value is -1.01. The molecule has 2 N–H and O–H groups in total. The SMILES string of the molecule is COCCC(NCC1(CO)CCOCC1)c1ccc(F)cc1. The second-order valence-electron chi connectivity index (χ2n) is 6.04. The highest BCUT2D eigenvalue weighted by molar-refractivity contribution is 5.20. The molecule has 22 heavy (non-hydrogen) atoms. The van der Waals surface area contributed by atoms with Crippen molar-refractivity contribution in [3.05, 3.63) is 35.6 Å². The summed E-state index contributed by atoms with van der Waals surface area (Å²) in [5.74, 6) is -0.231. The van der Waals surface area contributed by atoms with Crippen LogP contribution in [0.25, 0.3) is 0 Å². The molecule has 1 saturated heterocycles. The molecule has 2 rings (SSSR count). The quantitative estimate of drug-likeness (QED) is 0.773. The van der Waals surface area contributed by atoms with Crippen LogP contribution in [0.2, 0.25) is 0 Å². The number of rotatable bonds is 8. The van der Waals surface area contributed by atoms with Crippen LogP contribution < -0.4 is 5.32 Å². The number of aliphatic hydroxyl groups is 1. The third-order valence-corrected chi connectivity index (χ3v) is 4.50. The summed E-state index contributed by atoms with van der Waals surface area (Å²) >= 11 is 0. The van der Waals surface area contributed by atoms with Gasteiger partial charge < -0.3 is 19.9 Å². The number of hydrogen-bond acceptors (Lipinski definition) is 4. The maximum Gasteiger partial charge on any atom is 0.123 e. The van der Waals surface area contributed by atoms with Gasteiger partial charge in [-0.1, -0.05) is 12.1 Å². The normalized spacial score (nSPS) is 19.0. The average Bonchev–Trinajstić information content (AvgIpc) is 2.57. The first-order chi connectivity index (χ1) is 10.7. The zero-order chi connectivity index (χ0) is 15.8. The van der Waals surface area contributed by atoms with Gasteiger partial charge in [0.15, 0.2) is 0 Å². The Labute approximate surface area is 131 Å². The maximum atomic E-state index is 13.1. The summed E-state index contributed by atoms with van der Waals surface area (Å²) in [4.78, 5) is 0. The van der Waals surface area contributed by atoms with Gasteiger partial charge in [-0.05, 0) is 37.0 Å². The summed E-state index contributed by atoms with van der Waals surface area (Å²) in [6, 6.07) is 6.66. The summed E-state index contributed by atoms with van der Waals surface area (Å²) in [6.07, 6.45) is 2.52. The van der Waals surface area contributed by atoms with Crippen molar-refractivity contribution >= 4 is 0 Å². The van der Waals surface area contributed by atoms with E-state index in [2.05, 4.69) is 5.32 Å². The molecule has 0 saturated carbocycles. The second kappa shape index (κ2) is 8.58. The Morgan fingerprint density at radius 3 is 2.59 bits per heavy atom. The minimum absolute atomic E-state index is 0.0896. The largest absolute Gasteiger partial charge is 0.396 e. The Bertz CT molecular complexity index is 432. The van der Waals surface area contributed by atoms with Crippen LogP contribution in [0, 0.1) is 11.2 Å². The van der Waals surface area contributed by atoms with Crippen LogP contribution in [0.15, 0.2) is 24.3 Å². The maximum absolute atomic E-state index is 13.1. The van der Waals surface area contributed by atoms with E-state index in [1.807, 2.05) is 0 Å². The molecule has 0 spiro atoms. The Balaban J connectivity index is 2.01. The van der Waals surface area contributed by atoms with E-state index in [1.54, 1.807) is 19.2 Å². The van der Waals surface area contributed by atoms with Gasteiger partial charge in [0.05, 0.1) is 6.61 Å². The van der Waals surface area contributed by atoms with E-state index in [0.29, 0.717) is 19.8 Å². The molecular weight excluding hydrogens is 285 g/mol. The third-order valence-electron chi connectivity index (χ3n) is 4.50. The molecule has 1 aliphatic heterocycles. The zero-order valence-electron chi connectivity index (χ0n) is 13.2. The van der Waals surface area contributed by atoms with Crippen LogP contribution in [-0.2, 0) is 9.47 Å². The fourth-order valence-corrected chi connectivity index (χ4v) is 2.85. The lowest BCUT2D eigenvalue weighted by atomic mass is 9.80. The molecule has 4 nitrogen and oxygen atoms in total. The summed E-state index contributed by atoms with van der Waals surface area (Å²) in [7, 11) is 1.68. The number of benzene rings is 1. The molecule has 1 aromatic rings. The molecule has 0 radical (unpaired) electrons. The molecule has 0 amide bonds. The number of methoxy groups -OCH3 is 1. The smallest absolute Gasteiger partial charge is 0.123 e. The second-order valence-corrected chi connectivity index (χ2v) is 6.04. The number of halogens is 1. The molecule has 1 unspecified atom stereocenters. The summed E-state index contributed by atoms with van der Waals surface area (Å²) < 4.78 is 23.7. The van der Waals surface area contributed by atoms with Gasteiger partial charge >= 0.3 is 0 Å². The molecule has 1 fully saturated rings. The number of aliphatic hydroxyl groups excluding tert-OH is 1. The molecular formula is C17H26FNO3. The fourth-order valence-electron chi connectivity index (χ4n) is 2.85. The molecule has 1 atom stereocenters. The molecule has 0 aliphatic carbocycles. The van der Waals surface area contributed by atoms with E-state index < -0.39 is 0 Å². The number of hydrogen-bond donors (Lipinski definition) is 2. The van der Waals surface area contributed by atoms with Gasteiger partial charge in [0, 0.05) is 44.9 Å². The lowest BCUT2D eigenvalue weighted by Crippen LogP contribution is -2.43. The van der Waals surface area contributed by atoms with Crippen molar-refractivity contribution in [1.82, 2.24) is 5.32 Å². The van der Waals surface area contributed by atoms with Crippen molar-refractivity contribution in [1.29, 1.82) is 0 Å². The molecule has 1 aromatic carbocycles. The van der Waals surface area contributed by atoms with E-state index in [9.17, 15) is 9.50 Å². The van der Waals surface area contributed by atoms with E-state index in [1.165, 1.54) is 12.1 Å². The predicted molar refractivity (Wildman–Crippen MR) is 83.2 cm³/mol. The summed E-state index contributed by atoms with van der Waals surface area (Å²) in [6.45, 7) is 2.90. The number of nitrogens with one attached hydrogen (secondary N) is 1. The summed E-state index contributed by atoms with van der Waals surface area (Å²) in [5.41, 5.74) is 0.919. The predicted octanol–water partition coefficient (Wildman–Crippen LogP) is 2.28. The van der Waals surface area contributed by atoms with Crippen LogP contribution in [0.4, 0.5) is 4.39 Å². The fraction of sp³-hybridized carbons (Fsp3) is 0.647. The van der Waals surface area contributed by atoms with Crippen LogP contribution in [0.1, 0.15) is 30.9 Å². The van der Waals surface area contributed by atoms with Crippen molar-refractivity contribution in [2.75, 3.05) is 40.1 Å². The standard InChI is InChI=1S/C17H26FNO3/c1-21-9-6-16(14-2-4-15(18)5-3-14)19-12-17(13-20)7-10-22-11-8-17/h2-5,16,19-20H,6-13H2,1H3. The van der Waals surface area contributed by atoms with Gasteiger partial charge in [-0.3, -0.25) is 0 Å². The van der Waals surface area contributed by atoms with Crippen molar-refractivity contribution in [2.24, 2.45) is 5.41 Å². The molecule has 1 aliphatic rings. The Kier molecular flexibility index (Phi) is 6.76. The average molecular weight is 311 g/mol. The van der Waals surface area contributed by atoms with Crippen LogP contribution in [-0.4, -0.2) is 45.2 Å². The lowest BCUT2D eigenvalue weighted by molar-refractivity contribution is -0.0169. The third kappa shape index (κ3) is 4.74. The number of ether oxygens (including phenoxy) is 2. The molecule has 0 aromatic heterocycles. The first-order valence-electron chi connectivity index (χ1n) is 7.85. The zero-order valence-corrected chi connectivity index (χ0v) is 13.2. The Morgan fingerprint density at radius 2 is 2.00 bits per heavy atom. The first kappa shape index (κ1) is 17.3. The van der Waals surface area contributed by atoms with Crippen LogP contribution in [0.5, 0.6) is 0 Å². The topological polar surface area (TPSA) is 50.7 Å². The van der Waals surface area contributed by atoms with Gasteiger partial charge in [0.25, 0.3) is 0 Å². The van der Waals surface area contributed by atoms with E-state index in [-0.39, 0.29) is 23.9 Å². The van der Waals surface area contributed by atoms with Gasteiger partial charge in [-0.2, -0.15) is 0 Å². The highest BCUT2D eigenvalue weighted by Crippen LogP contribution is 2.30. The van der Waals surface area contributed by atoms with Gasteiger partial charge in [-0.15, -0.1) is 0 Å². The van der Waals surface area contributed by atoms with Gasteiger partial charge in [0.1, 0.15) is 5.82 Å². The van der Waals surface area contributed by atoms with Crippen molar-refractivity contribution < 1.29 is 19.0 Å². The molecule has 1 heterocycles. The van der Waals surface area contributed by atoms with E-state index >= 15 is 0 Å². The van der Waals surface area contributed by atoms with Crippen molar-refractivity contribution in [3.63, 3.8) is 0 Å². The van der Waals surface area contributed by atoms with Crippen molar-refractivity contribution in [3.8, 4) is 0 Å². The minimum Gasteiger partial charge on any atom is -0.396 e. The van der Waals surface area contributed by atoms with Gasteiger partial charge in [-0.25, -0.2) is 4.39 Å². The monoisotopic (exact) mass is 311 g/mol. The van der Waals surface area contributed by atoms with Crippen molar-refractivity contribution in [2.45, 2.75) is 25.3 Å². The molecule has 5 heteroatoms. The molecule has 0 bridgehead atoms. The van der Waals surface area contributed by atoms with Crippen LogP contribution in [0.3, 0.4) is 0 Å². The van der Waals surface area contributed by atoms with E-state index in [0.717, 1.165) is 31.4 Å². The van der Waals surface area contributed by atoms with Gasteiger partial charge in [0.2, 0.25) is 0 Å². The summed E-state index contributed by atoms with van der Waals surface area (Å²) in [5, 5.41) is 13.3. The minimum atomic E-state index is -0.231. The molecule has 124 valence electrons. The Morgan fingerprint density at radius 1 is 1.32 bits per heavy atom.